The number of rotatable bonds is 6. The highest BCUT2D eigenvalue weighted by atomic mass is 16.2. The van der Waals surface area contributed by atoms with E-state index in [-0.39, 0.29) is 5.91 Å². The van der Waals surface area contributed by atoms with Crippen molar-refractivity contribution in [1.29, 1.82) is 0 Å². The minimum atomic E-state index is 0.0292. The quantitative estimate of drug-likeness (QED) is 0.574. The van der Waals surface area contributed by atoms with Crippen molar-refractivity contribution in [1.82, 2.24) is 9.47 Å². The number of benzene rings is 2. The monoisotopic (exact) mass is 403 g/mol. The molecule has 1 fully saturated rings. The van der Waals surface area contributed by atoms with Crippen molar-refractivity contribution in [2.24, 2.45) is 0 Å². The first kappa shape index (κ1) is 20.7. The van der Waals surface area contributed by atoms with Crippen LogP contribution in [0.1, 0.15) is 60.5 Å². The van der Waals surface area contributed by atoms with Crippen LogP contribution in [0.25, 0.3) is 10.9 Å². The lowest BCUT2D eigenvalue weighted by molar-refractivity contribution is 0.0964. The molecule has 0 bridgehead atoms. The second-order valence-electron chi connectivity index (χ2n) is 8.81. The molecule has 0 radical (unpaired) electrons. The maximum Gasteiger partial charge on any atom is 0.262 e. The van der Waals surface area contributed by atoms with Crippen LogP contribution in [0.3, 0.4) is 0 Å². The summed E-state index contributed by atoms with van der Waals surface area (Å²) in [7, 11) is 4.15. The minimum Gasteiger partial charge on any atom is -0.381 e. The molecule has 1 aliphatic rings. The Morgan fingerprint density at radius 2 is 1.83 bits per heavy atom. The fraction of sp³-hybridized carbons (Fsp3) is 0.423. The van der Waals surface area contributed by atoms with Crippen LogP contribution in [-0.4, -0.2) is 35.5 Å². The maximum atomic E-state index is 13.5. The highest BCUT2D eigenvalue weighted by Crippen LogP contribution is 2.33. The van der Waals surface area contributed by atoms with Crippen LogP contribution >= 0.6 is 0 Å². The highest BCUT2D eigenvalue weighted by Gasteiger charge is 2.21. The van der Waals surface area contributed by atoms with E-state index in [1.807, 2.05) is 41.1 Å². The molecule has 0 amide bonds. The summed E-state index contributed by atoms with van der Waals surface area (Å²) in [6.45, 7) is 3.00. The van der Waals surface area contributed by atoms with E-state index < -0.39 is 0 Å². The molecule has 0 atom stereocenters. The number of aryl methyl sites for hydroxylation is 1. The lowest BCUT2D eigenvalue weighted by Crippen LogP contribution is -2.23. The van der Waals surface area contributed by atoms with Crippen LogP contribution in [-0.2, 0) is 13.0 Å². The molecule has 3 aromatic rings. The summed E-state index contributed by atoms with van der Waals surface area (Å²) in [5.41, 5.74) is 5.34. The number of hydrogen-bond donors (Lipinski definition) is 1. The van der Waals surface area contributed by atoms with E-state index in [1.165, 1.54) is 48.6 Å². The number of carbonyl (C=O) groups is 1. The van der Waals surface area contributed by atoms with Gasteiger partial charge < -0.3 is 10.2 Å². The van der Waals surface area contributed by atoms with Crippen molar-refractivity contribution in [2.45, 2.75) is 58.0 Å². The van der Waals surface area contributed by atoms with Gasteiger partial charge in [0.05, 0.1) is 11.2 Å². The van der Waals surface area contributed by atoms with Crippen LogP contribution in [0.4, 0.5) is 5.69 Å². The number of hydrogen-bond acceptors (Lipinski definition) is 3. The zero-order valence-corrected chi connectivity index (χ0v) is 18.4. The Hall–Kier alpha value is -2.59. The van der Waals surface area contributed by atoms with E-state index in [9.17, 15) is 4.79 Å². The van der Waals surface area contributed by atoms with Gasteiger partial charge in [-0.05, 0) is 68.8 Å². The molecule has 4 rings (SSSR count). The van der Waals surface area contributed by atoms with E-state index in [1.54, 1.807) is 0 Å². The van der Waals surface area contributed by atoms with Gasteiger partial charge in [-0.1, -0.05) is 44.4 Å². The van der Waals surface area contributed by atoms with Gasteiger partial charge in [-0.15, -0.1) is 0 Å². The van der Waals surface area contributed by atoms with Crippen molar-refractivity contribution < 1.29 is 4.79 Å². The summed E-state index contributed by atoms with van der Waals surface area (Å²) in [4.78, 5) is 15.6. The highest BCUT2D eigenvalue weighted by molar-refractivity contribution is 6.07. The molecule has 2 aromatic carbocycles. The summed E-state index contributed by atoms with van der Waals surface area (Å²) in [5, 5.41) is 5.01. The molecule has 0 unspecified atom stereocenters. The predicted molar refractivity (Wildman–Crippen MR) is 125 cm³/mol. The van der Waals surface area contributed by atoms with Gasteiger partial charge in [-0.2, -0.15) is 0 Å². The lowest BCUT2D eigenvalue weighted by atomic mass is 9.95. The van der Waals surface area contributed by atoms with E-state index in [0.29, 0.717) is 11.6 Å². The SMILES string of the molecule is CCc1cc(NC2CCCCC2)c2c(c1)c(CN(C)C)cn2C(=O)c1ccccc1. The zero-order chi connectivity index (χ0) is 21.1. The Kier molecular flexibility index (Phi) is 6.24. The van der Waals surface area contributed by atoms with Crippen molar-refractivity contribution >= 4 is 22.5 Å². The summed E-state index contributed by atoms with van der Waals surface area (Å²) < 4.78 is 1.87. The van der Waals surface area contributed by atoms with Gasteiger partial charge in [-0.25, -0.2) is 0 Å². The molecular formula is C26H33N3O. The fourth-order valence-corrected chi connectivity index (χ4v) is 4.62. The number of aromatic nitrogens is 1. The Labute approximate surface area is 179 Å². The van der Waals surface area contributed by atoms with Crippen molar-refractivity contribution in [3.05, 3.63) is 65.4 Å². The molecule has 4 heteroatoms. The molecule has 1 N–H and O–H groups in total. The maximum absolute atomic E-state index is 13.5. The summed E-state index contributed by atoms with van der Waals surface area (Å²) in [6, 6.07) is 14.6. The molecule has 4 nitrogen and oxygen atoms in total. The van der Waals surface area contributed by atoms with Gasteiger partial charge in [0.15, 0.2) is 0 Å². The molecule has 1 heterocycles. The second kappa shape index (κ2) is 9.05. The molecule has 30 heavy (non-hydrogen) atoms. The van der Waals surface area contributed by atoms with Crippen LogP contribution in [0, 0.1) is 0 Å². The van der Waals surface area contributed by atoms with Crippen LogP contribution < -0.4 is 5.32 Å². The van der Waals surface area contributed by atoms with Gasteiger partial charge in [-0.3, -0.25) is 9.36 Å². The zero-order valence-electron chi connectivity index (χ0n) is 18.4. The second-order valence-corrected chi connectivity index (χ2v) is 8.81. The third-order valence-corrected chi connectivity index (χ3v) is 6.14. The molecule has 1 aromatic heterocycles. The summed E-state index contributed by atoms with van der Waals surface area (Å²) in [5.74, 6) is 0.0292. The number of nitrogens with zero attached hydrogens (tertiary/aromatic N) is 2. The largest absolute Gasteiger partial charge is 0.381 e. The van der Waals surface area contributed by atoms with Gasteiger partial charge >= 0.3 is 0 Å². The molecule has 1 saturated carbocycles. The Bertz CT molecular complexity index is 1010. The number of carbonyl (C=O) groups excluding carboxylic acids is 1. The van der Waals surface area contributed by atoms with Crippen LogP contribution in [0.5, 0.6) is 0 Å². The molecule has 0 aliphatic heterocycles. The molecule has 0 spiro atoms. The summed E-state index contributed by atoms with van der Waals surface area (Å²) >= 11 is 0. The number of fused-ring (bicyclic) bond motifs is 1. The Morgan fingerprint density at radius 3 is 2.50 bits per heavy atom. The molecular weight excluding hydrogens is 370 g/mol. The third-order valence-electron chi connectivity index (χ3n) is 6.14. The standard InChI is InChI=1S/C26H33N3O/c1-4-19-15-23-21(17-28(2)3)18-29(26(30)20-11-7-5-8-12-20)25(23)24(16-19)27-22-13-9-6-10-14-22/h5,7-8,11-12,15-16,18,22,27H,4,6,9-10,13-14,17H2,1-3H3. The first-order valence-electron chi connectivity index (χ1n) is 11.2. The van der Waals surface area contributed by atoms with Crippen LogP contribution in [0.15, 0.2) is 48.7 Å². The molecule has 158 valence electrons. The normalized spacial score (nSPS) is 15.1. The van der Waals surface area contributed by atoms with Gasteiger partial charge in [0.2, 0.25) is 0 Å². The number of nitrogens with one attached hydrogen (secondary N) is 1. The first-order chi connectivity index (χ1) is 14.6. The van der Waals surface area contributed by atoms with Crippen molar-refractivity contribution in [3.8, 4) is 0 Å². The smallest absolute Gasteiger partial charge is 0.262 e. The van der Waals surface area contributed by atoms with E-state index in [2.05, 4.69) is 43.4 Å². The molecule has 1 aliphatic carbocycles. The van der Waals surface area contributed by atoms with Crippen molar-refractivity contribution in [3.63, 3.8) is 0 Å². The van der Waals surface area contributed by atoms with Gasteiger partial charge in [0.25, 0.3) is 5.91 Å². The Morgan fingerprint density at radius 1 is 1.10 bits per heavy atom. The minimum absolute atomic E-state index is 0.0292. The third kappa shape index (κ3) is 4.29. The predicted octanol–water partition coefficient (Wildman–Crippen LogP) is 5.70. The van der Waals surface area contributed by atoms with Gasteiger partial charge in [0, 0.05) is 29.7 Å². The van der Waals surface area contributed by atoms with E-state index in [4.69, 9.17) is 0 Å². The Balaban J connectivity index is 1.87. The van der Waals surface area contributed by atoms with Gasteiger partial charge in [0.1, 0.15) is 0 Å². The van der Waals surface area contributed by atoms with Crippen molar-refractivity contribution in [2.75, 3.05) is 19.4 Å². The van der Waals surface area contributed by atoms with E-state index >= 15 is 0 Å². The first-order valence-corrected chi connectivity index (χ1v) is 11.2. The topological polar surface area (TPSA) is 37.3 Å². The fourth-order valence-electron chi connectivity index (χ4n) is 4.62. The number of anilines is 1. The molecule has 0 saturated heterocycles. The van der Waals surface area contributed by atoms with E-state index in [0.717, 1.165) is 24.2 Å². The average Bonchev–Trinajstić information content (AvgIpc) is 3.12. The lowest BCUT2D eigenvalue weighted by Gasteiger charge is -2.25. The average molecular weight is 404 g/mol. The summed E-state index contributed by atoms with van der Waals surface area (Å²) in [6.07, 6.45) is 9.33. The van der Waals surface area contributed by atoms with Crippen LogP contribution in [0.2, 0.25) is 0 Å².